The van der Waals surface area contributed by atoms with Gasteiger partial charge in [0.15, 0.2) is 9.84 Å². The summed E-state index contributed by atoms with van der Waals surface area (Å²) in [5, 5.41) is 0. The summed E-state index contributed by atoms with van der Waals surface area (Å²) in [5.74, 6) is -0.0516. The van der Waals surface area contributed by atoms with Gasteiger partial charge in [0.2, 0.25) is 0 Å². The van der Waals surface area contributed by atoms with Crippen LogP contribution in [0.2, 0.25) is 0 Å². The standard InChI is InChI=1S/C18H23N5O3S/c1-12-5-14(7-19-6-12)18(24)23-4-3-22(8-15-13(2)20-11-21-15)16-9-27(25,26)10-17(16)23/h5-7,11,16-17H,3-4,8-10H2,1-2H3,(H,20,21). The number of imidazole rings is 1. The molecule has 2 atom stereocenters. The van der Waals surface area contributed by atoms with Crippen molar-refractivity contribution in [3.63, 3.8) is 0 Å². The summed E-state index contributed by atoms with van der Waals surface area (Å²) in [6, 6.07) is 1.25. The molecule has 2 aromatic heterocycles. The molecule has 1 N–H and O–H groups in total. The summed E-state index contributed by atoms with van der Waals surface area (Å²) in [6.07, 6.45) is 4.90. The van der Waals surface area contributed by atoms with E-state index in [-0.39, 0.29) is 29.5 Å². The molecule has 0 spiro atoms. The van der Waals surface area contributed by atoms with Crippen LogP contribution in [0.15, 0.2) is 24.8 Å². The second-order valence-corrected chi connectivity index (χ2v) is 9.56. The monoisotopic (exact) mass is 389 g/mol. The largest absolute Gasteiger partial charge is 0.348 e. The van der Waals surface area contributed by atoms with Crippen LogP contribution in [0.5, 0.6) is 0 Å². The molecule has 0 saturated carbocycles. The smallest absolute Gasteiger partial charge is 0.255 e. The van der Waals surface area contributed by atoms with Gasteiger partial charge in [-0.1, -0.05) is 0 Å². The summed E-state index contributed by atoms with van der Waals surface area (Å²) in [5.41, 5.74) is 3.32. The molecule has 9 heteroatoms. The second kappa shape index (κ2) is 6.72. The predicted molar refractivity (Wildman–Crippen MR) is 100.0 cm³/mol. The summed E-state index contributed by atoms with van der Waals surface area (Å²) < 4.78 is 24.7. The van der Waals surface area contributed by atoms with E-state index in [0.29, 0.717) is 25.2 Å². The van der Waals surface area contributed by atoms with E-state index in [1.54, 1.807) is 29.7 Å². The van der Waals surface area contributed by atoms with Crippen molar-refractivity contribution in [2.45, 2.75) is 32.5 Å². The number of hydrogen-bond donors (Lipinski definition) is 1. The number of carbonyl (C=O) groups excluding carboxylic acids is 1. The first kappa shape index (κ1) is 18.1. The number of piperazine rings is 1. The number of rotatable bonds is 3. The third kappa shape index (κ3) is 3.49. The van der Waals surface area contributed by atoms with Crippen molar-refractivity contribution in [2.24, 2.45) is 0 Å². The van der Waals surface area contributed by atoms with E-state index in [4.69, 9.17) is 0 Å². The number of nitrogens with zero attached hydrogens (tertiary/aromatic N) is 4. The van der Waals surface area contributed by atoms with E-state index < -0.39 is 9.84 Å². The zero-order chi connectivity index (χ0) is 19.2. The van der Waals surface area contributed by atoms with Gasteiger partial charge in [0, 0.05) is 43.8 Å². The Morgan fingerprint density at radius 3 is 2.70 bits per heavy atom. The Hall–Kier alpha value is -2.26. The number of fused-ring (bicyclic) bond motifs is 1. The van der Waals surface area contributed by atoms with Crippen molar-refractivity contribution in [3.8, 4) is 0 Å². The fraction of sp³-hybridized carbons (Fsp3) is 0.500. The van der Waals surface area contributed by atoms with Crippen LogP contribution >= 0.6 is 0 Å². The molecule has 2 aromatic rings. The van der Waals surface area contributed by atoms with Crippen molar-refractivity contribution in [1.82, 2.24) is 24.8 Å². The van der Waals surface area contributed by atoms with Crippen LogP contribution in [0.3, 0.4) is 0 Å². The van der Waals surface area contributed by atoms with Gasteiger partial charge in [-0.15, -0.1) is 0 Å². The van der Waals surface area contributed by atoms with Crippen molar-refractivity contribution in [2.75, 3.05) is 24.6 Å². The molecular weight excluding hydrogens is 366 g/mol. The number of aryl methyl sites for hydroxylation is 2. The molecule has 0 bridgehead atoms. The van der Waals surface area contributed by atoms with Crippen LogP contribution in [0.25, 0.3) is 0 Å². The highest BCUT2D eigenvalue weighted by molar-refractivity contribution is 7.91. The molecule has 2 fully saturated rings. The van der Waals surface area contributed by atoms with Gasteiger partial charge < -0.3 is 9.88 Å². The average molecular weight is 389 g/mol. The van der Waals surface area contributed by atoms with Crippen LogP contribution in [0.4, 0.5) is 0 Å². The molecule has 8 nitrogen and oxygen atoms in total. The minimum atomic E-state index is -3.19. The number of pyridine rings is 1. The number of carbonyl (C=O) groups is 1. The lowest BCUT2D eigenvalue weighted by atomic mass is 10.0. The highest BCUT2D eigenvalue weighted by Crippen LogP contribution is 2.29. The molecule has 2 aliphatic heterocycles. The second-order valence-electron chi connectivity index (χ2n) is 7.41. The van der Waals surface area contributed by atoms with E-state index in [2.05, 4.69) is 19.9 Å². The molecule has 2 unspecified atom stereocenters. The van der Waals surface area contributed by atoms with Gasteiger partial charge in [0.25, 0.3) is 5.91 Å². The lowest BCUT2D eigenvalue weighted by Gasteiger charge is -2.43. The van der Waals surface area contributed by atoms with Crippen molar-refractivity contribution in [1.29, 1.82) is 0 Å². The summed E-state index contributed by atoms with van der Waals surface area (Å²) >= 11 is 0. The molecule has 0 aromatic carbocycles. The highest BCUT2D eigenvalue weighted by atomic mass is 32.2. The number of sulfone groups is 1. The molecule has 144 valence electrons. The molecule has 4 rings (SSSR count). The molecule has 0 aliphatic carbocycles. The summed E-state index contributed by atoms with van der Waals surface area (Å²) in [7, 11) is -3.19. The van der Waals surface area contributed by atoms with E-state index in [9.17, 15) is 13.2 Å². The zero-order valence-electron chi connectivity index (χ0n) is 15.4. The third-order valence-electron chi connectivity index (χ3n) is 5.46. The Morgan fingerprint density at radius 2 is 2.00 bits per heavy atom. The normalized spacial score (nSPS) is 24.7. The maximum atomic E-state index is 13.0. The molecule has 0 radical (unpaired) electrons. The number of hydrogen-bond acceptors (Lipinski definition) is 6. The Morgan fingerprint density at radius 1 is 1.22 bits per heavy atom. The molecule has 27 heavy (non-hydrogen) atoms. The van der Waals surface area contributed by atoms with Crippen LogP contribution < -0.4 is 0 Å². The Bertz CT molecular complexity index is 971. The number of H-pyrrole nitrogens is 1. The minimum absolute atomic E-state index is 0.0126. The number of aromatic nitrogens is 3. The van der Waals surface area contributed by atoms with Gasteiger partial charge in [-0.3, -0.25) is 14.7 Å². The first-order valence-corrected chi connectivity index (χ1v) is 10.8. The van der Waals surface area contributed by atoms with Crippen molar-refractivity contribution >= 4 is 15.7 Å². The average Bonchev–Trinajstić information content (AvgIpc) is 3.16. The van der Waals surface area contributed by atoms with Gasteiger partial charge in [-0.25, -0.2) is 13.4 Å². The topological polar surface area (TPSA) is 99.3 Å². The maximum absolute atomic E-state index is 13.0. The van der Waals surface area contributed by atoms with E-state index in [0.717, 1.165) is 17.0 Å². The maximum Gasteiger partial charge on any atom is 0.255 e. The first-order chi connectivity index (χ1) is 12.8. The van der Waals surface area contributed by atoms with E-state index in [1.807, 2.05) is 13.8 Å². The van der Waals surface area contributed by atoms with Gasteiger partial charge in [-0.05, 0) is 25.5 Å². The summed E-state index contributed by atoms with van der Waals surface area (Å²) in [6.45, 7) is 5.54. The van der Waals surface area contributed by atoms with Gasteiger partial charge >= 0.3 is 0 Å². The zero-order valence-corrected chi connectivity index (χ0v) is 16.2. The lowest BCUT2D eigenvalue weighted by Crippen LogP contribution is -2.60. The van der Waals surface area contributed by atoms with Crippen LogP contribution in [-0.4, -0.2) is 75.8 Å². The molecule has 2 saturated heterocycles. The fourth-order valence-corrected chi connectivity index (χ4v) is 6.06. The van der Waals surface area contributed by atoms with Crippen LogP contribution in [-0.2, 0) is 16.4 Å². The number of aromatic amines is 1. The van der Waals surface area contributed by atoms with Crippen LogP contribution in [0.1, 0.15) is 27.3 Å². The molecular formula is C18H23N5O3S. The minimum Gasteiger partial charge on any atom is -0.348 e. The van der Waals surface area contributed by atoms with Crippen molar-refractivity contribution < 1.29 is 13.2 Å². The van der Waals surface area contributed by atoms with Crippen LogP contribution in [0, 0.1) is 13.8 Å². The van der Waals surface area contributed by atoms with Gasteiger partial charge in [0.1, 0.15) is 0 Å². The lowest BCUT2D eigenvalue weighted by molar-refractivity contribution is 0.0301. The Balaban J connectivity index is 1.60. The summed E-state index contributed by atoms with van der Waals surface area (Å²) in [4.78, 5) is 28.4. The Labute approximate surface area is 158 Å². The fourth-order valence-electron chi connectivity index (χ4n) is 4.05. The Kier molecular flexibility index (Phi) is 4.51. The van der Waals surface area contributed by atoms with Crippen molar-refractivity contribution in [3.05, 3.63) is 47.3 Å². The number of amides is 1. The van der Waals surface area contributed by atoms with Gasteiger partial charge in [-0.2, -0.15) is 0 Å². The quantitative estimate of drug-likeness (QED) is 0.823. The first-order valence-electron chi connectivity index (χ1n) is 9.00. The SMILES string of the molecule is Cc1cncc(C(=O)N2CCN(Cc3nc[nH]c3C)C3CS(=O)(=O)CC32)c1. The van der Waals surface area contributed by atoms with E-state index >= 15 is 0 Å². The highest BCUT2D eigenvalue weighted by Gasteiger charge is 2.48. The predicted octanol–water partition coefficient (Wildman–Crippen LogP) is 0.545. The molecule has 4 heterocycles. The van der Waals surface area contributed by atoms with E-state index in [1.165, 1.54) is 0 Å². The number of nitrogens with one attached hydrogen (secondary N) is 1. The van der Waals surface area contributed by atoms with Gasteiger partial charge in [0.05, 0.1) is 35.1 Å². The molecule has 1 amide bonds. The third-order valence-corrected chi connectivity index (χ3v) is 7.16. The molecule has 2 aliphatic rings.